The van der Waals surface area contributed by atoms with Gasteiger partial charge in [0.15, 0.2) is 0 Å². The molecule has 0 fully saturated rings. The number of fused-ring (bicyclic) bond motifs is 2. The molecule has 0 aliphatic carbocycles. The van der Waals surface area contributed by atoms with E-state index in [1.54, 1.807) is 6.07 Å². The van der Waals surface area contributed by atoms with Gasteiger partial charge in [0.2, 0.25) is 0 Å². The molecule has 1 aromatic heterocycles. The zero-order chi connectivity index (χ0) is 16.0. The van der Waals surface area contributed by atoms with E-state index in [2.05, 4.69) is 0 Å². The highest BCUT2D eigenvalue weighted by Crippen LogP contribution is 2.41. The third-order valence-electron chi connectivity index (χ3n) is 4.05. The fraction of sp³-hybridized carbons (Fsp3) is 0.167. The van der Waals surface area contributed by atoms with E-state index in [1.165, 1.54) is 12.1 Å². The monoisotopic (exact) mass is 328 g/mol. The summed E-state index contributed by atoms with van der Waals surface area (Å²) in [5.74, 6) is -0.553. The van der Waals surface area contributed by atoms with E-state index in [9.17, 15) is 14.3 Å². The first-order valence-electron chi connectivity index (χ1n) is 7.35. The predicted octanol–water partition coefficient (Wildman–Crippen LogP) is 4.73. The average Bonchev–Trinajstić information content (AvgIpc) is 2.93. The lowest BCUT2D eigenvalue weighted by Crippen LogP contribution is -2.08. The number of carboxylic acid groups (broad SMARTS) is 1. The summed E-state index contributed by atoms with van der Waals surface area (Å²) in [6, 6.07) is 10.2. The minimum absolute atomic E-state index is 0.223. The summed E-state index contributed by atoms with van der Waals surface area (Å²) in [6.45, 7) is 0.678. The molecule has 0 saturated carbocycles. The number of ether oxygens (including phenoxy) is 1. The van der Waals surface area contributed by atoms with E-state index in [-0.39, 0.29) is 10.7 Å². The maximum Gasteiger partial charge on any atom is 0.346 e. The Labute approximate surface area is 135 Å². The second kappa shape index (κ2) is 5.35. The van der Waals surface area contributed by atoms with Crippen molar-refractivity contribution in [2.45, 2.75) is 12.8 Å². The Hall–Kier alpha value is -2.40. The van der Waals surface area contributed by atoms with Gasteiger partial charge in [0.05, 0.1) is 6.61 Å². The van der Waals surface area contributed by atoms with Crippen molar-refractivity contribution in [2.24, 2.45) is 0 Å². The Morgan fingerprint density at radius 2 is 2.09 bits per heavy atom. The van der Waals surface area contributed by atoms with E-state index < -0.39 is 5.97 Å². The Kier molecular flexibility index (Phi) is 3.31. The first-order valence-corrected chi connectivity index (χ1v) is 8.16. The van der Waals surface area contributed by atoms with Gasteiger partial charge in [-0.15, -0.1) is 11.3 Å². The highest BCUT2D eigenvalue weighted by molar-refractivity contribution is 7.21. The minimum Gasteiger partial charge on any atom is -0.493 e. The quantitative estimate of drug-likeness (QED) is 0.740. The molecule has 1 aliphatic heterocycles. The molecule has 1 N–H and O–H groups in total. The molecule has 0 radical (unpaired) electrons. The maximum absolute atomic E-state index is 13.4. The number of aryl methyl sites for hydroxylation is 1. The second-order valence-corrected chi connectivity index (χ2v) is 6.58. The Morgan fingerprint density at radius 3 is 2.91 bits per heavy atom. The van der Waals surface area contributed by atoms with Crippen molar-refractivity contribution in [3.05, 3.63) is 52.7 Å². The summed E-state index contributed by atoms with van der Waals surface area (Å²) in [5.41, 5.74) is 2.57. The lowest BCUT2D eigenvalue weighted by atomic mass is 9.97. The summed E-state index contributed by atoms with van der Waals surface area (Å²) in [4.78, 5) is 11.8. The number of rotatable bonds is 2. The lowest BCUT2D eigenvalue weighted by Gasteiger charge is -2.18. The number of hydrogen-bond acceptors (Lipinski definition) is 3. The van der Waals surface area contributed by atoms with Gasteiger partial charge in [-0.2, -0.15) is 0 Å². The van der Waals surface area contributed by atoms with E-state index in [4.69, 9.17) is 4.74 Å². The predicted molar refractivity (Wildman–Crippen MR) is 88.0 cm³/mol. The maximum atomic E-state index is 13.4. The summed E-state index contributed by atoms with van der Waals surface area (Å²) in [6.07, 6.45) is 1.96. The van der Waals surface area contributed by atoms with Crippen LogP contribution in [0.2, 0.25) is 0 Å². The third-order valence-corrected chi connectivity index (χ3v) is 5.19. The van der Waals surface area contributed by atoms with Crippen LogP contribution in [0.25, 0.3) is 21.2 Å². The molecule has 3 aromatic rings. The van der Waals surface area contributed by atoms with Crippen molar-refractivity contribution in [1.82, 2.24) is 0 Å². The molecule has 0 saturated heterocycles. The average molecular weight is 328 g/mol. The Bertz CT molecular complexity index is 929. The molecule has 2 heterocycles. The standard InChI is InChI=1S/C18H13FO3S/c19-12-5-6-13-15(9-12)23-17(18(20)21)16(13)11-4-3-10-2-1-7-22-14(10)8-11/h3-6,8-9H,1-2,7H2,(H,20,21). The molecule has 2 aromatic carbocycles. The highest BCUT2D eigenvalue weighted by Gasteiger charge is 2.21. The van der Waals surface area contributed by atoms with Crippen molar-refractivity contribution in [3.63, 3.8) is 0 Å². The number of benzene rings is 2. The normalized spacial score (nSPS) is 13.6. The number of carboxylic acids is 1. The zero-order valence-electron chi connectivity index (χ0n) is 12.1. The number of thiophene rings is 1. The molecule has 0 amide bonds. The lowest BCUT2D eigenvalue weighted by molar-refractivity contribution is 0.0703. The molecule has 5 heteroatoms. The van der Waals surface area contributed by atoms with E-state index in [0.717, 1.165) is 46.4 Å². The van der Waals surface area contributed by atoms with Gasteiger partial charge in [-0.3, -0.25) is 0 Å². The highest BCUT2D eigenvalue weighted by atomic mass is 32.1. The zero-order valence-corrected chi connectivity index (χ0v) is 13.0. The second-order valence-electron chi connectivity index (χ2n) is 5.53. The van der Waals surface area contributed by atoms with Gasteiger partial charge in [0.25, 0.3) is 0 Å². The van der Waals surface area contributed by atoms with Crippen molar-refractivity contribution in [1.29, 1.82) is 0 Å². The Morgan fingerprint density at radius 1 is 1.22 bits per heavy atom. The van der Waals surface area contributed by atoms with Crippen molar-refractivity contribution in [2.75, 3.05) is 6.61 Å². The van der Waals surface area contributed by atoms with E-state index in [1.807, 2.05) is 18.2 Å². The van der Waals surface area contributed by atoms with Crippen molar-refractivity contribution >= 4 is 27.4 Å². The summed E-state index contributed by atoms with van der Waals surface area (Å²) in [7, 11) is 0. The van der Waals surface area contributed by atoms with Crippen LogP contribution in [-0.4, -0.2) is 17.7 Å². The van der Waals surface area contributed by atoms with Gasteiger partial charge in [-0.05, 0) is 48.2 Å². The smallest absolute Gasteiger partial charge is 0.346 e. The van der Waals surface area contributed by atoms with Gasteiger partial charge in [-0.1, -0.05) is 12.1 Å². The van der Waals surface area contributed by atoms with Crippen LogP contribution in [0.15, 0.2) is 36.4 Å². The van der Waals surface area contributed by atoms with Crippen LogP contribution < -0.4 is 4.74 Å². The van der Waals surface area contributed by atoms with Crippen molar-refractivity contribution in [3.8, 4) is 16.9 Å². The number of halogens is 1. The summed E-state index contributed by atoms with van der Waals surface area (Å²) in [5, 5.41) is 10.3. The molecule has 116 valence electrons. The van der Waals surface area contributed by atoms with Crippen LogP contribution in [0.3, 0.4) is 0 Å². The number of aromatic carboxylic acids is 1. The fourth-order valence-electron chi connectivity index (χ4n) is 3.00. The largest absolute Gasteiger partial charge is 0.493 e. The number of carbonyl (C=O) groups is 1. The summed E-state index contributed by atoms with van der Waals surface area (Å²) >= 11 is 1.10. The molecule has 0 spiro atoms. The molecule has 4 rings (SSSR count). The molecule has 0 unspecified atom stereocenters. The fourth-order valence-corrected chi connectivity index (χ4v) is 4.09. The van der Waals surface area contributed by atoms with Gasteiger partial charge in [-0.25, -0.2) is 9.18 Å². The van der Waals surface area contributed by atoms with E-state index in [0.29, 0.717) is 16.9 Å². The van der Waals surface area contributed by atoms with Crippen LogP contribution in [-0.2, 0) is 6.42 Å². The first-order chi connectivity index (χ1) is 11.1. The molecular weight excluding hydrogens is 315 g/mol. The third kappa shape index (κ3) is 2.37. The topological polar surface area (TPSA) is 46.5 Å². The number of hydrogen-bond donors (Lipinski definition) is 1. The minimum atomic E-state index is -1.000. The van der Waals surface area contributed by atoms with Crippen LogP contribution in [0, 0.1) is 5.82 Å². The van der Waals surface area contributed by atoms with Crippen LogP contribution in [0.1, 0.15) is 21.7 Å². The van der Waals surface area contributed by atoms with Gasteiger partial charge in [0, 0.05) is 15.6 Å². The molecular formula is C18H13FO3S. The molecule has 0 bridgehead atoms. The SMILES string of the molecule is O=C(O)c1sc2cc(F)ccc2c1-c1ccc2c(c1)OCCC2. The van der Waals surface area contributed by atoms with E-state index >= 15 is 0 Å². The molecule has 3 nitrogen and oxygen atoms in total. The van der Waals surface area contributed by atoms with Crippen LogP contribution >= 0.6 is 11.3 Å². The van der Waals surface area contributed by atoms with Crippen LogP contribution in [0.5, 0.6) is 5.75 Å². The van der Waals surface area contributed by atoms with Gasteiger partial charge >= 0.3 is 5.97 Å². The Balaban J connectivity index is 1.97. The van der Waals surface area contributed by atoms with Crippen LogP contribution in [0.4, 0.5) is 4.39 Å². The van der Waals surface area contributed by atoms with Gasteiger partial charge in [0.1, 0.15) is 16.4 Å². The van der Waals surface area contributed by atoms with Crippen molar-refractivity contribution < 1.29 is 19.0 Å². The molecule has 1 aliphatic rings. The van der Waals surface area contributed by atoms with Gasteiger partial charge < -0.3 is 9.84 Å². The summed E-state index contributed by atoms with van der Waals surface area (Å²) < 4.78 is 19.8. The molecule has 0 atom stereocenters. The molecule has 23 heavy (non-hydrogen) atoms. The first kappa shape index (κ1) is 14.2.